The summed E-state index contributed by atoms with van der Waals surface area (Å²) < 4.78 is 12.6. The minimum Gasteiger partial charge on any atom is -0.353 e. The molecule has 1 N–H and O–H groups in total. The van der Waals surface area contributed by atoms with Crippen molar-refractivity contribution in [1.82, 2.24) is 5.32 Å². The van der Waals surface area contributed by atoms with Gasteiger partial charge in [0.2, 0.25) is 5.91 Å². The van der Waals surface area contributed by atoms with Gasteiger partial charge in [0.15, 0.2) is 0 Å². The van der Waals surface area contributed by atoms with Crippen molar-refractivity contribution in [3.05, 3.63) is 35.6 Å². The van der Waals surface area contributed by atoms with Crippen LogP contribution in [0.5, 0.6) is 0 Å². The van der Waals surface area contributed by atoms with Crippen molar-refractivity contribution in [3.63, 3.8) is 0 Å². The maximum Gasteiger partial charge on any atom is 0.230 e. The third-order valence-corrected chi connectivity index (χ3v) is 3.44. The van der Waals surface area contributed by atoms with Crippen molar-refractivity contribution in [1.29, 1.82) is 0 Å². The summed E-state index contributed by atoms with van der Waals surface area (Å²) >= 11 is 1.54. The zero-order valence-electron chi connectivity index (χ0n) is 10.2. The highest BCUT2D eigenvalue weighted by molar-refractivity contribution is 7.99. The van der Waals surface area contributed by atoms with Gasteiger partial charge in [-0.1, -0.05) is 19.1 Å². The van der Waals surface area contributed by atoms with Crippen LogP contribution < -0.4 is 5.32 Å². The fourth-order valence-electron chi connectivity index (χ4n) is 1.26. The molecule has 1 atom stereocenters. The molecule has 0 bridgehead atoms. The number of carbonyl (C=O) groups is 1. The molecule has 1 aromatic carbocycles. The van der Waals surface area contributed by atoms with Crippen LogP contribution in [0.2, 0.25) is 0 Å². The van der Waals surface area contributed by atoms with Gasteiger partial charge in [-0.3, -0.25) is 4.79 Å². The van der Waals surface area contributed by atoms with Gasteiger partial charge >= 0.3 is 0 Å². The van der Waals surface area contributed by atoms with Gasteiger partial charge in [-0.25, -0.2) is 4.39 Å². The molecule has 17 heavy (non-hydrogen) atoms. The van der Waals surface area contributed by atoms with Crippen molar-refractivity contribution in [2.24, 2.45) is 0 Å². The molecule has 4 heteroatoms. The number of rotatable bonds is 6. The lowest BCUT2D eigenvalue weighted by atomic mass is 10.2. The van der Waals surface area contributed by atoms with Gasteiger partial charge in [-0.15, -0.1) is 11.8 Å². The fourth-order valence-corrected chi connectivity index (χ4v) is 2.06. The second-order valence-corrected chi connectivity index (χ2v) is 4.98. The molecule has 1 unspecified atom stereocenters. The minimum atomic E-state index is -0.228. The Hall–Kier alpha value is -1.03. The summed E-state index contributed by atoms with van der Waals surface area (Å²) in [6, 6.07) is 6.60. The Morgan fingerprint density at radius 1 is 1.41 bits per heavy atom. The topological polar surface area (TPSA) is 29.1 Å². The summed E-state index contributed by atoms with van der Waals surface area (Å²) in [5, 5.41) is 2.91. The molecule has 1 amide bonds. The van der Waals surface area contributed by atoms with E-state index >= 15 is 0 Å². The van der Waals surface area contributed by atoms with Crippen LogP contribution in [0.15, 0.2) is 24.3 Å². The molecule has 1 rings (SSSR count). The largest absolute Gasteiger partial charge is 0.353 e. The van der Waals surface area contributed by atoms with E-state index in [9.17, 15) is 9.18 Å². The third kappa shape index (κ3) is 5.73. The van der Waals surface area contributed by atoms with Gasteiger partial charge in [0, 0.05) is 11.8 Å². The standard InChI is InChI=1S/C13H18FNOS/c1-3-10(2)15-13(16)9-17-8-11-4-6-12(14)7-5-11/h4-7,10H,3,8-9H2,1-2H3,(H,15,16). The Balaban J connectivity index is 2.23. The van der Waals surface area contributed by atoms with Crippen LogP contribution in [0.25, 0.3) is 0 Å². The van der Waals surface area contributed by atoms with Crippen LogP contribution in [0.3, 0.4) is 0 Å². The van der Waals surface area contributed by atoms with Crippen molar-refractivity contribution < 1.29 is 9.18 Å². The first-order valence-corrected chi connectivity index (χ1v) is 6.89. The molecule has 94 valence electrons. The smallest absolute Gasteiger partial charge is 0.230 e. The maximum atomic E-state index is 12.6. The van der Waals surface area contributed by atoms with Crippen molar-refractivity contribution in [2.45, 2.75) is 32.1 Å². The van der Waals surface area contributed by atoms with E-state index in [1.165, 1.54) is 23.9 Å². The Morgan fingerprint density at radius 2 is 2.06 bits per heavy atom. The summed E-state index contributed by atoms with van der Waals surface area (Å²) in [6.07, 6.45) is 0.939. The molecular weight excluding hydrogens is 237 g/mol. The molecular formula is C13H18FNOS. The van der Waals surface area contributed by atoms with Crippen molar-refractivity contribution in [2.75, 3.05) is 5.75 Å². The maximum absolute atomic E-state index is 12.6. The summed E-state index contributed by atoms with van der Waals surface area (Å²) in [7, 11) is 0. The van der Waals surface area contributed by atoms with Gasteiger partial charge < -0.3 is 5.32 Å². The lowest BCUT2D eigenvalue weighted by Gasteiger charge is -2.10. The Kier molecular flexibility index (Phi) is 6.05. The monoisotopic (exact) mass is 255 g/mol. The van der Waals surface area contributed by atoms with E-state index in [1.54, 1.807) is 12.1 Å². The first-order valence-electron chi connectivity index (χ1n) is 5.73. The molecule has 0 saturated heterocycles. The van der Waals surface area contributed by atoms with Gasteiger partial charge in [0.05, 0.1) is 5.75 Å². The number of hydrogen-bond acceptors (Lipinski definition) is 2. The fraction of sp³-hybridized carbons (Fsp3) is 0.462. The van der Waals surface area contributed by atoms with E-state index in [1.807, 2.05) is 13.8 Å². The van der Waals surface area contributed by atoms with E-state index in [-0.39, 0.29) is 17.8 Å². The van der Waals surface area contributed by atoms with E-state index in [0.717, 1.165) is 17.7 Å². The molecule has 0 fully saturated rings. The SMILES string of the molecule is CCC(C)NC(=O)CSCc1ccc(F)cc1. The average Bonchev–Trinajstić information content (AvgIpc) is 2.31. The van der Waals surface area contributed by atoms with Crippen molar-refractivity contribution in [3.8, 4) is 0 Å². The highest BCUT2D eigenvalue weighted by Crippen LogP contribution is 2.12. The second kappa shape index (κ2) is 7.33. The lowest BCUT2D eigenvalue weighted by molar-refractivity contribution is -0.119. The normalized spacial score (nSPS) is 12.2. The predicted molar refractivity (Wildman–Crippen MR) is 70.5 cm³/mol. The Labute approximate surface area is 106 Å². The molecule has 0 aliphatic heterocycles. The molecule has 1 aromatic rings. The van der Waals surface area contributed by atoms with Crippen LogP contribution in [0.1, 0.15) is 25.8 Å². The molecule has 0 aliphatic carbocycles. The zero-order valence-corrected chi connectivity index (χ0v) is 11.0. The highest BCUT2D eigenvalue weighted by Gasteiger charge is 2.05. The highest BCUT2D eigenvalue weighted by atomic mass is 32.2. The van der Waals surface area contributed by atoms with Crippen molar-refractivity contribution >= 4 is 17.7 Å². The number of hydrogen-bond donors (Lipinski definition) is 1. The Morgan fingerprint density at radius 3 is 2.65 bits per heavy atom. The third-order valence-electron chi connectivity index (χ3n) is 2.43. The number of amides is 1. The summed E-state index contributed by atoms with van der Waals surface area (Å²) in [5.41, 5.74) is 1.03. The van der Waals surface area contributed by atoms with Gasteiger partial charge in [0.25, 0.3) is 0 Å². The molecule has 2 nitrogen and oxygen atoms in total. The summed E-state index contributed by atoms with van der Waals surface area (Å²) in [6.45, 7) is 4.03. The molecule has 0 aliphatic rings. The van der Waals surface area contributed by atoms with Gasteiger partial charge in [-0.05, 0) is 31.0 Å². The number of thioether (sulfide) groups is 1. The summed E-state index contributed by atoms with van der Waals surface area (Å²) in [4.78, 5) is 11.5. The summed E-state index contributed by atoms with van der Waals surface area (Å²) in [5.74, 6) is 1.01. The quantitative estimate of drug-likeness (QED) is 0.846. The van der Waals surface area contributed by atoms with Crippen LogP contribution in [-0.4, -0.2) is 17.7 Å². The zero-order chi connectivity index (χ0) is 12.7. The number of halogens is 1. The first kappa shape index (κ1) is 14.0. The van der Waals surface area contributed by atoms with Crippen LogP contribution in [0.4, 0.5) is 4.39 Å². The number of nitrogens with one attached hydrogen (secondary N) is 1. The number of carbonyl (C=O) groups excluding carboxylic acids is 1. The van der Waals surface area contributed by atoms with Gasteiger partial charge in [-0.2, -0.15) is 0 Å². The van der Waals surface area contributed by atoms with Crippen LogP contribution >= 0.6 is 11.8 Å². The molecule has 0 saturated carbocycles. The van der Waals surface area contributed by atoms with E-state index in [0.29, 0.717) is 5.75 Å². The molecule has 0 aromatic heterocycles. The molecule has 0 spiro atoms. The van der Waals surface area contributed by atoms with E-state index in [4.69, 9.17) is 0 Å². The van der Waals surface area contributed by atoms with Crippen LogP contribution in [0, 0.1) is 5.82 Å². The molecule has 0 radical (unpaired) electrons. The van der Waals surface area contributed by atoms with Gasteiger partial charge in [0.1, 0.15) is 5.82 Å². The Bertz CT molecular complexity index is 353. The lowest BCUT2D eigenvalue weighted by Crippen LogP contribution is -2.33. The predicted octanol–water partition coefficient (Wildman–Crippen LogP) is 2.97. The second-order valence-electron chi connectivity index (χ2n) is 4.00. The first-order chi connectivity index (χ1) is 8.11. The average molecular weight is 255 g/mol. The van der Waals surface area contributed by atoms with E-state index in [2.05, 4.69) is 5.32 Å². The molecule has 0 heterocycles. The number of benzene rings is 1. The van der Waals surface area contributed by atoms with E-state index < -0.39 is 0 Å². The minimum absolute atomic E-state index is 0.0615. The van der Waals surface area contributed by atoms with Crippen LogP contribution in [-0.2, 0) is 10.5 Å².